The highest BCUT2D eigenvalue weighted by atomic mass is 19.1. The molecule has 1 aromatic carbocycles. The summed E-state index contributed by atoms with van der Waals surface area (Å²) in [7, 11) is 0. The zero-order valence-electron chi connectivity index (χ0n) is 12.8. The number of carbonyl (C=O) groups is 1. The number of carbonyl (C=O) groups excluding carboxylic acids is 1. The van der Waals surface area contributed by atoms with E-state index in [1.807, 2.05) is 24.3 Å². The second-order valence-electron chi connectivity index (χ2n) is 5.46. The van der Waals surface area contributed by atoms with Crippen LogP contribution in [-0.2, 0) is 0 Å². The first kappa shape index (κ1) is 14.3. The van der Waals surface area contributed by atoms with Gasteiger partial charge in [-0.2, -0.15) is 0 Å². The van der Waals surface area contributed by atoms with E-state index < -0.39 is 5.82 Å². The quantitative estimate of drug-likeness (QED) is 0.614. The van der Waals surface area contributed by atoms with E-state index >= 15 is 0 Å². The SMILES string of the molecule is Cc1nc2ccc(F)cn2c1C(=O)Nc1cccc2cccnc12. The first-order valence-electron chi connectivity index (χ1n) is 7.43. The van der Waals surface area contributed by atoms with Gasteiger partial charge in [0.15, 0.2) is 0 Å². The predicted molar refractivity (Wildman–Crippen MR) is 89.6 cm³/mol. The molecule has 0 radical (unpaired) electrons. The van der Waals surface area contributed by atoms with Gasteiger partial charge in [-0.15, -0.1) is 0 Å². The highest BCUT2D eigenvalue weighted by molar-refractivity contribution is 6.08. The number of fused-ring (bicyclic) bond motifs is 2. The summed E-state index contributed by atoms with van der Waals surface area (Å²) in [6, 6.07) is 12.2. The van der Waals surface area contributed by atoms with Crippen molar-refractivity contribution in [1.29, 1.82) is 0 Å². The van der Waals surface area contributed by atoms with Crippen LogP contribution in [-0.4, -0.2) is 20.3 Å². The highest BCUT2D eigenvalue weighted by Crippen LogP contribution is 2.22. The molecular formula is C18H13FN4O. The largest absolute Gasteiger partial charge is 0.319 e. The van der Waals surface area contributed by atoms with Crippen molar-refractivity contribution in [2.75, 3.05) is 5.32 Å². The molecule has 118 valence electrons. The number of hydrogen-bond acceptors (Lipinski definition) is 3. The first-order valence-corrected chi connectivity index (χ1v) is 7.43. The Bertz CT molecular complexity index is 1080. The first-order chi connectivity index (χ1) is 11.6. The lowest BCUT2D eigenvalue weighted by atomic mass is 10.2. The summed E-state index contributed by atoms with van der Waals surface area (Å²) in [4.78, 5) is 21.4. The smallest absolute Gasteiger partial charge is 0.274 e. The van der Waals surface area contributed by atoms with Crippen molar-refractivity contribution in [2.45, 2.75) is 6.92 Å². The third-order valence-electron chi connectivity index (χ3n) is 3.85. The molecule has 0 spiro atoms. The van der Waals surface area contributed by atoms with Crippen molar-refractivity contribution >= 4 is 28.1 Å². The lowest BCUT2D eigenvalue weighted by Crippen LogP contribution is -2.16. The van der Waals surface area contributed by atoms with Crippen molar-refractivity contribution in [1.82, 2.24) is 14.4 Å². The Morgan fingerprint density at radius 1 is 1.17 bits per heavy atom. The van der Waals surface area contributed by atoms with Gasteiger partial charge in [-0.05, 0) is 31.2 Å². The molecule has 0 aliphatic heterocycles. The summed E-state index contributed by atoms with van der Waals surface area (Å²) in [5, 5.41) is 3.78. The molecule has 0 aliphatic rings. The number of nitrogens with one attached hydrogen (secondary N) is 1. The minimum absolute atomic E-state index is 0.303. The van der Waals surface area contributed by atoms with Crippen LogP contribution in [0.4, 0.5) is 10.1 Å². The molecule has 3 heterocycles. The van der Waals surface area contributed by atoms with Gasteiger partial charge in [0.1, 0.15) is 17.2 Å². The van der Waals surface area contributed by atoms with Crippen LogP contribution < -0.4 is 5.32 Å². The number of rotatable bonds is 2. The van der Waals surface area contributed by atoms with Crippen LogP contribution in [0.15, 0.2) is 54.9 Å². The summed E-state index contributed by atoms with van der Waals surface area (Å²) in [6.07, 6.45) is 2.93. The third-order valence-corrected chi connectivity index (χ3v) is 3.85. The van der Waals surface area contributed by atoms with E-state index in [1.54, 1.807) is 25.3 Å². The predicted octanol–water partition coefficient (Wildman–Crippen LogP) is 3.58. The maximum atomic E-state index is 13.5. The molecule has 4 aromatic rings. The van der Waals surface area contributed by atoms with Gasteiger partial charge in [0.05, 0.1) is 16.9 Å². The second-order valence-corrected chi connectivity index (χ2v) is 5.46. The number of amides is 1. The number of hydrogen-bond donors (Lipinski definition) is 1. The van der Waals surface area contributed by atoms with E-state index in [2.05, 4.69) is 15.3 Å². The van der Waals surface area contributed by atoms with Gasteiger partial charge in [0, 0.05) is 17.8 Å². The summed E-state index contributed by atoms with van der Waals surface area (Å²) in [5.74, 6) is -0.787. The normalized spacial score (nSPS) is 11.1. The molecule has 3 aromatic heterocycles. The number of aromatic nitrogens is 3. The minimum atomic E-state index is -0.430. The van der Waals surface area contributed by atoms with Crippen molar-refractivity contribution in [3.8, 4) is 0 Å². The number of para-hydroxylation sites is 1. The van der Waals surface area contributed by atoms with Crippen molar-refractivity contribution < 1.29 is 9.18 Å². The van der Waals surface area contributed by atoms with Crippen molar-refractivity contribution in [3.63, 3.8) is 0 Å². The molecule has 1 amide bonds. The summed E-state index contributed by atoms with van der Waals surface area (Å²) < 4.78 is 15.0. The van der Waals surface area contributed by atoms with Gasteiger partial charge in [0.25, 0.3) is 5.91 Å². The maximum absolute atomic E-state index is 13.5. The van der Waals surface area contributed by atoms with E-state index in [1.165, 1.54) is 16.7 Å². The van der Waals surface area contributed by atoms with Crippen LogP contribution in [0.25, 0.3) is 16.6 Å². The second kappa shape index (κ2) is 5.42. The minimum Gasteiger partial charge on any atom is -0.319 e. The third kappa shape index (κ3) is 2.28. The molecule has 0 saturated carbocycles. The Morgan fingerprint density at radius 3 is 2.88 bits per heavy atom. The van der Waals surface area contributed by atoms with Crippen LogP contribution in [0.1, 0.15) is 16.2 Å². The van der Waals surface area contributed by atoms with Gasteiger partial charge in [-0.25, -0.2) is 9.37 Å². The van der Waals surface area contributed by atoms with E-state index in [-0.39, 0.29) is 5.91 Å². The molecule has 4 rings (SSSR count). The Hall–Kier alpha value is -3.28. The summed E-state index contributed by atoms with van der Waals surface area (Å²) in [5.41, 5.74) is 2.66. The molecule has 6 heteroatoms. The number of benzene rings is 1. The fourth-order valence-corrected chi connectivity index (χ4v) is 2.80. The zero-order chi connectivity index (χ0) is 16.7. The molecule has 0 bridgehead atoms. The van der Waals surface area contributed by atoms with Crippen LogP contribution in [0, 0.1) is 12.7 Å². The van der Waals surface area contributed by atoms with Crippen molar-refractivity contribution in [2.24, 2.45) is 0 Å². The van der Waals surface area contributed by atoms with E-state index in [0.29, 0.717) is 28.2 Å². The van der Waals surface area contributed by atoms with E-state index in [9.17, 15) is 9.18 Å². The molecule has 0 aliphatic carbocycles. The molecule has 0 fully saturated rings. The molecule has 0 atom stereocenters. The maximum Gasteiger partial charge on any atom is 0.274 e. The Kier molecular flexibility index (Phi) is 3.23. The fourth-order valence-electron chi connectivity index (χ4n) is 2.80. The molecule has 1 N–H and O–H groups in total. The van der Waals surface area contributed by atoms with E-state index in [0.717, 1.165) is 5.39 Å². The molecule has 24 heavy (non-hydrogen) atoms. The Labute approximate surface area is 136 Å². The number of aryl methyl sites for hydroxylation is 1. The van der Waals surface area contributed by atoms with Gasteiger partial charge in [0.2, 0.25) is 0 Å². The number of anilines is 1. The van der Waals surface area contributed by atoms with Crippen LogP contribution in [0.3, 0.4) is 0 Å². The highest BCUT2D eigenvalue weighted by Gasteiger charge is 2.18. The number of nitrogens with zero attached hydrogens (tertiary/aromatic N) is 3. The molecule has 5 nitrogen and oxygen atoms in total. The molecule has 0 saturated heterocycles. The summed E-state index contributed by atoms with van der Waals surface area (Å²) in [6.45, 7) is 1.72. The van der Waals surface area contributed by atoms with Gasteiger partial charge < -0.3 is 5.32 Å². The standard InChI is InChI=1S/C18H13FN4O/c1-11-17(23-10-13(19)7-8-15(23)21-11)18(24)22-14-6-2-4-12-5-3-9-20-16(12)14/h2-10H,1H3,(H,22,24). The number of halogens is 1. The monoisotopic (exact) mass is 320 g/mol. The van der Waals surface area contributed by atoms with Crippen LogP contribution in [0.5, 0.6) is 0 Å². The number of pyridine rings is 2. The topological polar surface area (TPSA) is 59.3 Å². The van der Waals surface area contributed by atoms with Gasteiger partial charge in [-0.3, -0.25) is 14.2 Å². The lowest BCUT2D eigenvalue weighted by Gasteiger charge is -2.08. The molecular weight excluding hydrogens is 307 g/mol. The average molecular weight is 320 g/mol. The zero-order valence-corrected chi connectivity index (χ0v) is 12.8. The average Bonchev–Trinajstić information content (AvgIpc) is 2.90. The van der Waals surface area contributed by atoms with E-state index in [4.69, 9.17) is 0 Å². The number of imidazole rings is 1. The lowest BCUT2D eigenvalue weighted by molar-refractivity contribution is 0.102. The molecule has 0 unspecified atom stereocenters. The van der Waals surface area contributed by atoms with Gasteiger partial charge >= 0.3 is 0 Å². The van der Waals surface area contributed by atoms with Gasteiger partial charge in [-0.1, -0.05) is 18.2 Å². The fraction of sp³-hybridized carbons (Fsp3) is 0.0556. The van der Waals surface area contributed by atoms with Crippen molar-refractivity contribution in [3.05, 3.63) is 72.1 Å². The summed E-state index contributed by atoms with van der Waals surface area (Å²) >= 11 is 0. The Balaban J connectivity index is 1.79. The Morgan fingerprint density at radius 2 is 2.00 bits per heavy atom. The van der Waals surface area contributed by atoms with Crippen LogP contribution >= 0.6 is 0 Å². The van der Waals surface area contributed by atoms with Crippen LogP contribution in [0.2, 0.25) is 0 Å².